The van der Waals surface area contributed by atoms with Crippen molar-refractivity contribution in [3.05, 3.63) is 151 Å². The Morgan fingerprint density at radius 2 is 1.17 bits per heavy atom. The molecule has 10 rings (SSSR count). The van der Waals surface area contributed by atoms with E-state index in [-0.39, 0.29) is 0 Å². The van der Waals surface area contributed by atoms with Gasteiger partial charge in [-0.1, -0.05) is 109 Å². The summed E-state index contributed by atoms with van der Waals surface area (Å²) in [5, 5.41) is 17.8. The molecule has 7 aromatic carbocycles. The molecule has 0 radical (unpaired) electrons. The molecular weight excluding hydrogens is 609 g/mol. The topological polar surface area (TPSA) is 28.7 Å². The van der Waals surface area contributed by atoms with E-state index < -0.39 is 0 Å². The molecule has 0 spiro atoms. The van der Waals surface area contributed by atoms with Crippen molar-refractivity contribution in [1.29, 1.82) is 5.26 Å². The summed E-state index contributed by atoms with van der Waals surface area (Å²) in [6, 6.07) is 54.8. The largest absolute Gasteiger partial charge is 0.308 e. The van der Waals surface area contributed by atoms with Crippen molar-refractivity contribution in [2.45, 2.75) is 0 Å². The van der Waals surface area contributed by atoms with Gasteiger partial charge in [-0.05, 0) is 58.7 Å². The van der Waals surface area contributed by atoms with Gasteiger partial charge in [-0.2, -0.15) is 5.26 Å². The number of benzene rings is 7. The van der Waals surface area contributed by atoms with Crippen molar-refractivity contribution in [3.63, 3.8) is 0 Å². The van der Waals surface area contributed by atoms with Crippen LogP contribution < -0.4 is 0 Å². The molecule has 0 saturated carbocycles. The van der Waals surface area contributed by atoms with E-state index in [9.17, 15) is 5.26 Å². The number of aromatic nitrogens is 1. The molecule has 0 unspecified atom stereocenters. The molecule has 3 heterocycles. The summed E-state index contributed by atoms with van der Waals surface area (Å²) in [7, 11) is 0. The van der Waals surface area contributed by atoms with Gasteiger partial charge in [-0.3, -0.25) is 0 Å². The van der Waals surface area contributed by atoms with Crippen LogP contribution in [0.3, 0.4) is 0 Å². The molecular formula is C43H24N2S2. The summed E-state index contributed by atoms with van der Waals surface area (Å²) in [5.41, 5.74) is 8.86. The van der Waals surface area contributed by atoms with Crippen molar-refractivity contribution >= 4 is 84.8 Å². The van der Waals surface area contributed by atoms with E-state index in [1.807, 2.05) is 11.3 Å². The summed E-state index contributed by atoms with van der Waals surface area (Å²) >= 11 is 3.55. The van der Waals surface area contributed by atoms with Crippen LogP contribution in [0.1, 0.15) is 5.56 Å². The first-order chi connectivity index (χ1) is 23.3. The van der Waals surface area contributed by atoms with E-state index in [4.69, 9.17) is 0 Å². The van der Waals surface area contributed by atoms with Gasteiger partial charge in [0, 0.05) is 41.7 Å². The number of nitriles is 1. The Morgan fingerprint density at radius 1 is 0.447 bits per heavy atom. The van der Waals surface area contributed by atoms with Gasteiger partial charge in [0.05, 0.1) is 31.7 Å². The lowest BCUT2D eigenvalue weighted by Crippen LogP contribution is -1.94. The van der Waals surface area contributed by atoms with Crippen LogP contribution >= 0.6 is 22.7 Å². The molecule has 0 aliphatic rings. The summed E-state index contributed by atoms with van der Waals surface area (Å²) in [5.74, 6) is 0. The summed E-state index contributed by atoms with van der Waals surface area (Å²) in [4.78, 5) is 0. The highest BCUT2D eigenvalue weighted by Crippen LogP contribution is 2.46. The minimum atomic E-state index is 0.719. The first kappa shape index (κ1) is 26.5. The molecule has 3 aromatic heterocycles. The smallest absolute Gasteiger partial charge is 0.101 e. The second kappa shape index (κ2) is 10.1. The van der Waals surface area contributed by atoms with Gasteiger partial charge in [-0.15, -0.1) is 22.7 Å². The summed E-state index contributed by atoms with van der Waals surface area (Å²) in [6.07, 6.45) is 0. The molecule has 0 fully saturated rings. The van der Waals surface area contributed by atoms with Crippen LogP contribution in [0.2, 0.25) is 0 Å². The summed E-state index contributed by atoms with van der Waals surface area (Å²) < 4.78 is 7.18. The monoisotopic (exact) mass is 632 g/mol. The minimum Gasteiger partial charge on any atom is -0.308 e. The minimum absolute atomic E-state index is 0.719. The van der Waals surface area contributed by atoms with Crippen LogP contribution in [-0.4, -0.2) is 4.57 Å². The Bertz CT molecular complexity index is 2920. The molecule has 0 bridgehead atoms. The zero-order valence-corrected chi connectivity index (χ0v) is 26.7. The van der Waals surface area contributed by atoms with E-state index in [1.165, 1.54) is 68.8 Å². The van der Waals surface area contributed by atoms with E-state index in [0.29, 0.717) is 0 Å². The first-order valence-corrected chi connectivity index (χ1v) is 17.3. The molecule has 47 heavy (non-hydrogen) atoms. The number of para-hydroxylation sites is 1. The number of fused-ring (bicyclic) bond motifs is 9. The van der Waals surface area contributed by atoms with Crippen LogP contribution in [0.15, 0.2) is 146 Å². The molecule has 0 saturated heterocycles. The van der Waals surface area contributed by atoms with Crippen LogP contribution in [0.5, 0.6) is 0 Å². The van der Waals surface area contributed by atoms with Crippen LogP contribution in [0.25, 0.3) is 90.1 Å². The van der Waals surface area contributed by atoms with Gasteiger partial charge in [-0.25, -0.2) is 0 Å². The predicted octanol–water partition coefficient (Wildman–Crippen LogP) is 12.7. The van der Waals surface area contributed by atoms with Gasteiger partial charge < -0.3 is 4.57 Å². The third-order valence-corrected chi connectivity index (χ3v) is 11.9. The molecule has 0 aliphatic heterocycles. The van der Waals surface area contributed by atoms with Gasteiger partial charge in [0.15, 0.2) is 0 Å². The Morgan fingerprint density at radius 3 is 2.04 bits per heavy atom. The van der Waals surface area contributed by atoms with Crippen LogP contribution in [0, 0.1) is 11.3 Å². The average Bonchev–Trinajstić information content (AvgIpc) is 3.81. The molecule has 0 N–H and O–H groups in total. The van der Waals surface area contributed by atoms with E-state index >= 15 is 0 Å². The molecule has 0 atom stereocenters. The highest BCUT2D eigenvalue weighted by molar-refractivity contribution is 7.27. The van der Waals surface area contributed by atoms with Crippen LogP contribution in [0.4, 0.5) is 0 Å². The third-order valence-electron chi connectivity index (χ3n) is 9.44. The predicted molar refractivity (Wildman–Crippen MR) is 202 cm³/mol. The average molecular weight is 633 g/mol. The number of rotatable bonds is 3. The van der Waals surface area contributed by atoms with Crippen molar-refractivity contribution < 1.29 is 0 Å². The van der Waals surface area contributed by atoms with Crippen molar-refractivity contribution in [1.82, 2.24) is 4.57 Å². The Hall–Kier alpha value is -5.73. The molecule has 4 heteroatoms. The molecule has 0 aliphatic carbocycles. The number of hydrogen-bond donors (Lipinski definition) is 0. The van der Waals surface area contributed by atoms with Gasteiger partial charge >= 0.3 is 0 Å². The van der Waals surface area contributed by atoms with Gasteiger partial charge in [0.2, 0.25) is 0 Å². The Kier molecular flexibility index (Phi) is 5.71. The highest BCUT2D eigenvalue weighted by atomic mass is 32.1. The zero-order chi connectivity index (χ0) is 31.1. The first-order valence-electron chi connectivity index (χ1n) is 15.7. The number of thiophene rings is 2. The van der Waals surface area contributed by atoms with Crippen LogP contribution in [-0.2, 0) is 0 Å². The summed E-state index contributed by atoms with van der Waals surface area (Å²) in [6.45, 7) is 0. The normalized spacial score (nSPS) is 11.8. The Balaban J connectivity index is 1.25. The third kappa shape index (κ3) is 3.88. The van der Waals surface area contributed by atoms with Gasteiger partial charge in [0.1, 0.15) is 6.07 Å². The second-order valence-corrected chi connectivity index (χ2v) is 14.1. The fourth-order valence-electron chi connectivity index (χ4n) is 7.31. The quantitative estimate of drug-likeness (QED) is 0.190. The lowest BCUT2D eigenvalue weighted by molar-refractivity contribution is 1.20. The van der Waals surface area contributed by atoms with Crippen molar-refractivity contribution in [2.24, 2.45) is 0 Å². The maximum atomic E-state index is 10.5. The fraction of sp³-hybridized carbons (Fsp3) is 0. The molecule has 218 valence electrons. The van der Waals surface area contributed by atoms with Crippen molar-refractivity contribution in [3.8, 4) is 34.0 Å². The van der Waals surface area contributed by atoms with Crippen molar-refractivity contribution in [2.75, 3.05) is 0 Å². The van der Waals surface area contributed by atoms with E-state index in [1.54, 1.807) is 11.3 Å². The zero-order valence-electron chi connectivity index (χ0n) is 25.1. The number of hydrogen-bond acceptors (Lipinski definition) is 3. The fourth-order valence-corrected chi connectivity index (χ4v) is 9.80. The molecule has 2 nitrogen and oxygen atoms in total. The van der Waals surface area contributed by atoms with E-state index in [2.05, 4.69) is 156 Å². The molecule has 0 amide bonds. The Labute approximate surface area is 278 Å². The standard InChI is InChI=1S/C43H24N2S2/c44-25-29-22-28(30-14-8-15-34-33-13-5-7-19-40(33)46-42(30)34)23-36-35-16-9-18-38(43(35)47-41(29)36)45-37-17-6-4-12-31(37)32-21-20-27(24-39(32)45)26-10-2-1-3-11-26/h1-24H. The SMILES string of the molecule is N#Cc1cc(-c2cccc3c2sc2ccccc23)cc2c1sc1c(-n3c4ccccc4c4ccc(-c5ccccc5)cc43)cccc12. The number of nitrogens with zero attached hydrogens (tertiary/aromatic N) is 2. The lowest BCUT2D eigenvalue weighted by atomic mass is 9.98. The molecule has 10 aromatic rings. The highest BCUT2D eigenvalue weighted by Gasteiger charge is 2.20. The maximum absolute atomic E-state index is 10.5. The second-order valence-electron chi connectivity index (χ2n) is 12.0. The van der Waals surface area contributed by atoms with E-state index in [0.717, 1.165) is 26.9 Å². The lowest BCUT2D eigenvalue weighted by Gasteiger charge is -2.10. The maximum Gasteiger partial charge on any atom is 0.101 e. The van der Waals surface area contributed by atoms with Gasteiger partial charge in [0.25, 0.3) is 0 Å².